The summed E-state index contributed by atoms with van der Waals surface area (Å²) in [7, 11) is 1.61. The topological polar surface area (TPSA) is 41.6 Å². The van der Waals surface area contributed by atoms with E-state index in [1.54, 1.807) is 7.11 Å². The van der Waals surface area contributed by atoms with Crippen LogP contribution in [0.25, 0.3) is 0 Å². The number of methoxy groups -OCH3 is 1. The Morgan fingerprint density at radius 1 is 1.28 bits per heavy atom. The predicted molar refractivity (Wildman–Crippen MR) is 101 cm³/mol. The number of likely N-dealkylation sites (tertiary alicyclic amines) is 1. The molecule has 0 radical (unpaired) electrons. The van der Waals surface area contributed by atoms with Gasteiger partial charge in [0.2, 0.25) is 5.91 Å². The van der Waals surface area contributed by atoms with Gasteiger partial charge in [0, 0.05) is 11.1 Å². The van der Waals surface area contributed by atoms with Crippen molar-refractivity contribution in [2.24, 2.45) is 0 Å². The van der Waals surface area contributed by atoms with Gasteiger partial charge >= 0.3 is 0 Å². The summed E-state index contributed by atoms with van der Waals surface area (Å²) in [4.78, 5) is 14.8. The minimum Gasteiger partial charge on any atom is -0.495 e. The molecule has 1 fully saturated rings. The summed E-state index contributed by atoms with van der Waals surface area (Å²) in [5.41, 5.74) is 3.01. The molecular formula is C20H23ClN2O2. The zero-order chi connectivity index (χ0) is 17.8. The highest BCUT2D eigenvalue weighted by atomic mass is 35.5. The van der Waals surface area contributed by atoms with Crippen LogP contribution >= 0.6 is 11.6 Å². The molecule has 0 aromatic heterocycles. The van der Waals surface area contributed by atoms with Gasteiger partial charge in [0.25, 0.3) is 0 Å². The van der Waals surface area contributed by atoms with Gasteiger partial charge in [-0.3, -0.25) is 9.69 Å². The number of carbonyl (C=O) groups excluding carboxylic acids is 1. The van der Waals surface area contributed by atoms with Crippen LogP contribution in [0.3, 0.4) is 0 Å². The maximum atomic E-state index is 12.5. The highest BCUT2D eigenvalue weighted by Gasteiger charge is 2.27. The number of carbonyl (C=O) groups is 1. The molecule has 2 aromatic carbocycles. The molecular weight excluding hydrogens is 336 g/mol. The molecule has 1 atom stereocenters. The van der Waals surface area contributed by atoms with Crippen molar-refractivity contribution in [3.05, 3.63) is 58.6 Å². The van der Waals surface area contributed by atoms with Crippen LogP contribution in [0.15, 0.2) is 42.5 Å². The van der Waals surface area contributed by atoms with Gasteiger partial charge in [0.05, 0.1) is 19.3 Å². The first-order valence-corrected chi connectivity index (χ1v) is 8.88. The van der Waals surface area contributed by atoms with E-state index in [1.165, 1.54) is 5.56 Å². The molecule has 0 aliphatic carbocycles. The van der Waals surface area contributed by atoms with Crippen molar-refractivity contribution in [3.63, 3.8) is 0 Å². The average molecular weight is 359 g/mol. The van der Waals surface area contributed by atoms with Crippen molar-refractivity contribution in [3.8, 4) is 5.75 Å². The molecule has 4 nitrogen and oxygen atoms in total. The SMILES string of the molecule is COc1ccc(C)cc1NC(=O)CN1CCCC1c1ccc(Cl)cc1. The number of hydrogen-bond donors (Lipinski definition) is 1. The molecule has 1 saturated heterocycles. The summed E-state index contributed by atoms with van der Waals surface area (Å²) in [6, 6.07) is 13.9. The van der Waals surface area contributed by atoms with Crippen LogP contribution in [0.4, 0.5) is 5.69 Å². The predicted octanol–water partition coefficient (Wildman–Crippen LogP) is 4.43. The van der Waals surface area contributed by atoms with E-state index in [4.69, 9.17) is 16.3 Å². The van der Waals surface area contributed by atoms with Crippen molar-refractivity contribution in [2.45, 2.75) is 25.8 Å². The fraction of sp³-hybridized carbons (Fsp3) is 0.350. The Kier molecular flexibility index (Phi) is 5.61. The molecule has 0 bridgehead atoms. The molecule has 1 unspecified atom stereocenters. The Morgan fingerprint density at radius 3 is 2.76 bits per heavy atom. The number of ether oxygens (including phenoxy) is 1. The molecule has 25 heavy (non-hydrogen) atoms. The minimum atomic E-state index is -0.0234. The Hall–Kier alpha value is -2.04. The Balaban J connectivity index is 1.68. The number of benzene rings is 2. The first-order chi connectivity index (χ1) is 12.1. The fourth-order valence-corrected chi connectivity index (χ4v) is 3.50. The third-order valence-electron chi connectivity index (χ3n) is 4.59. The number of rotatable bonds is 5. The lowest BCUT2D eigenvalue weighted by atomic mass is 10.0. The molecule has 1 amide bonds. The van der Waals surface area contributed by atoms with Crippen LogP contribution in [-0.4, -0.2) is 31.0 Å². The van der Waals surface area contributed by atoms with Gasteiger partial charge in [0.15, 0.2) is 0 Å². The summed E-state index contributed by atoms with van der Waals surface area (Å²) in [6.07, 6.45) is 2.15. The van der Waals surface area contributed by atoms with Gasteiger partial charge in [-0.15, -0.1) is 0 Å². The first-order valence-electron chi connectivity index (χ1n) is 8.51. The van der Waals surface area contributed by atoms with Gasteiger partial charge < -0.3 is 10.1 Å². The van der Waals surface area contributed by atoms with Gasteiger partial charge in [-0.25, -0.2) is 0 Å². The van der Waals surface area contributed by atoms with Gasteiger partial charge in [-0.05, 0) is 61.7 Å². The van der Waals surface area contributed by atoms with Gasteiger partial charge in [-0.2, -0.15) is 0 Å². The van der Waals surface area contributed by atoms with E-state index >= 15 is 0 Å². The van der Waals surface area contributed by atoms with E-state index in [9.17, 15) is 4.79 Å². The fourth-order valence-electron chi connectivity index (χ4n) is 3.37. The largest absolute Gasteiger partial charge is 0.495 e. The van der Waals surface area contributed by atoms with Crippen molar-refractivity contribution in [2.75, 3.05) is 25.5 Å². The number of anilines is 1. The molecule has 0 saturated carbocycles. The number of amides is 1. The second-order valence-electron chi connectivity index (χ2n) is 6.43. The maximum absolute atomic E-state index is 12.5. The van der Waals surface area contributed by atoms with E-state index in [0.29, 0.717) is 12.3 Å². The normalized spacial score (nSPS) is 17.5. The number of halogens is 1. The molecule has 2 aromatic rings. The van der Waals surface area contributed by atoms with Crippen molar-refractivity contribution in [1.29, 1.82) is 0 Å². The van der Waals surface area contributed by atoms with Crippen LogP contribution in [0.1, 0.15) is 30.0 Å². The quantitative estimate of drug-likeness (QED) is 0.859. The standard InChI is InChI=1S/C20H23ClN2O2/c1-14-5-10-19(25-2)17(12-14)22-20(24)13-23-11-3-4-18(23)15-6-8-16(21)9-7-15/h5-10,12,18H,3-4,11,13H2,1-2H3,(H,22,24). The zero-order valence-electron chi connectivity index (χ0n) is 14.6. The highest BCUT2D eigenvalue weighted by molar-refractivity contribution is 6.30. The summed E-state index contributed by atoms with van der Waals surface area (Å²) in [6.45, 7) is 3.28. The van der Waals surface area contributed by atoms with Crippen molar-refractivity contribution >= 4 is 23.2 Å². The number of aryl methyl sites for hydroxylation is 1. The Bertz CT molecular complexity index is 746. The van der Waals surface area contributed by atoms with Crippen LogP contribution in [0, 0.1) is 6.92 Å². The Morgan fingerprint density at radius 2 is 2.04 bits per heavy atom. The minimum absolute atomic E-state index is 0.0234. The van der Waals surface area contributed by atoms with Gasteiger partial charge in [-0.1, -0.05) is 29.8 Å². The van der Waals surface area contributed by atoms with E-state index in [-0.39, 0.29) is 11.9 Å². The lowest BCUT2D eigenvalue weighted by molar-refractivity contribution is -0.117. The molecule has 132 valence electrons. The van der Waals surface area contributed by atoms with Crippen LogP contribution < -0.4 is 10.1 Å². The summed E-state index contributed by atoms with van der Waals surface area (Å²) in [5, 5.41) is 3.72. The molecule has 1 aliphatic rings. The first kappa shape index (κ1) is 17.8. The third kappa shape index (κ3) is 4.33. The monoisotopic (exact) mass is 358 g/mol. The van der Waals surface area contributed by atoms with E-state index in [2.05, 4.69) is 10.2 Å². The molecule has 1 aliphatic heterocycles. The Labute approximate surface area is 153 Å². The van der Waals surface area contributed by atoms with E-state index in [0.717, 1.165) is 35.7 Å². The van der Waals surface area contributed by atoms with Crippen LogP contribution in [-0.2, 0) is 4.79 Å². The molecule has 5 heteroatoms. The summed E-state index contributed by atoms with van der Waals surface area (Å²) >= 11 is 5.98. The molecule has 3 rings (SSSR count). The number of hydrogen-bond acceptors (Lipinski definition) is 3. The van der Waals surface area contributed by atoms with Crippen molar-refractivity contribution < 1.29 is 9.53 Å². The zero-order valence-corrected chi connectivity index (χ0v) is 15.3. The summed E-state index contributed by atoms with van der Waals surface area (Å²) in [5.74, 6) is 0.652. The average Bonchev–Trinajstić information content (AvgIpc) is 3.03. The molecule has 1 N–H and O–H groups in total. The third-order valence-corrected chi connectivity index (χ3v) is 4.85. The number of nitrogens with one attached hydrogen (secondary N) is 1. The second-order valence-corrected chi connectivity index (χ2v) is 6.87. The lowest BCUT2D eigenvalue weighted by Gasteiger charge is -2.24. The maximum Gasteiger partial charge on any atom is 0.238 e. The highest BCUT2D eigenvalue weighted by Crippen LogP contribution is 2.32. The van der Waals surface area contributed by atoms with Gasteiger partial charge in [0.1, 0.15) is 5.75 Å². The molecule has 0 spiro atoms. The lowest BCUT2D eigenvalue weighted by Crippen LogP contribution is -2.33. The van der Waals surface area contributed by atoms with E-state index in [1.807, 2.05) is 49.4 Å². The summed E-state index contributed by atoms with van der Waals surface area (Å²) < 4.78 is 5.33. The van der Waals surface area contributed by atoms with E-state index < -0.39 is 0 Å². The van der Waals surface area contributed by atoms with Crippen LogP contribution in [0.2, 0.25) is 5.02 Å². The molecule has 1 heterocycles. The second kappa shape index (κ2) is 7.89. The van der Waals surface area contributed by atoms with Crippen molar-refractivity contribution in [1.82, 2.24) is 4.90 Å². The smallest absolute Gasteiger partial charge is 0.238 e. The number of nitrogens with zero attached hydrogens (tertiary/aromatic N) is 1. The van der Waals surface area contributed by atoms with Crippen LogP contribution in [0.5, 0.6) is 5.75 Å².